The number of carbonyl (C=O) groups is 1. The van der Waals surface area contributed by atoms with Crippen LogP contribution in [-0.2, 0) is 17.5 Å². The zero-order valence-electron chi connectivity index (χ0n) is 11.8. The predicted molar refractivity (Wildman–Crippen MR) is 71.6 cm³/mol. The standard InChI is InChI=1S/C15H17F4NO2/c16-12-6-9(5-11(7-12)15(17,18)19)8-20-13-3-1-10(2-4-13)14(21)22/h5-7,10,13,20H,1-4,8H2,(H,21,22). The molecule has 1 aliphatic rings. The predicted octanol–water partition coefficient (Wildman–Crippen LogP) is 3.58. The van der Waals surface area contributed by atoms with Gasteiger partial charge in [0.15, 0.2) is 0 Å². The molecule has 0 radical (unpaired) electrons. The Morgan fingerprint density at radius 2 is 1.82 bits per heavy atom. The molecule has 1 aliphatic carbocycles. The largest absolute Gasteiger partial charge is 0.481 e. The van der Waals surface area contributed by atoms with Crippen LogP contribution in [0.3, 0.4) is 0 Å². The number of carboxylic acid groups (broad SMARTS) is 1. The van der Waals surface area contributed by atoms with Crippen LogP contribution < -0.4 is 5.32 Å². The van der Waals surface area contributed by atoms with E-state index >= 15 is 0 Å². The second-order valence-electron chi connectivity index (χ2n) is 5.61. The maximum Gasteiger partial charge on any atom is 0.416 e. The van der Waals surface area contributed by atoms with Crippen molar-refractivity contribution in [2.75, 3.05) is 0 Å². The second kappa shape index (κ2) is 6.64. The highest BCUT2D eigenvalue weighted by Crippen LogP contribution is 2.30. The average Bonchev–Trinajstić information content (AvgIpc) is 2.44. The molecule has 7 heteroatoms. The molecular weight excluding hydrogens is 302 g/mol. The first-order valence-corrected chi connectivity index (χ1v) is 7.08. The minimum absolute atomic E-state index is 0.0493. The molecule has 3 nitrogen and oxygen atoms in total. The van der Waals surface area contributed by atoms with Gasteiger partial charge in [0.05, 0.1) is 11.5 Å². The van der Waals surface area contributed by atoms with Crippen molar-refractivity contribution >= 4 is 5.97 Å². The van der Waals surface area contributed by atoms with Gasteiger partial charge in [0.25, 0.3) is 0 Å². The first-order valence-electron chi connectivity index (χ1n) is 7.08. The van der Waals surface area contributed by atoms with Gasteiger partial charge in [0, 0.05) is 12.6 Å². The summed E-state index contributed by atoms with van der Waals surface area (Å²) >= 11 is 0. The molecule has 0 atom stereocenters. The van der Waals surface area contributed by atoms with Crippen molar-refractivity contribution in [2.45, 2.75) is 44.4 Å². The van der Waals surface area contributed by atoms with Crippen LogP contribution in [0.5, 0.6) is 0 Å². The molecule has 0 aliphatic heterocycles. The number of aliphatic carboxylic acids is 1. The third-order valence-electron chi connectivity index (χ3n) is 3.96. The van der Waals surface area contributed by atoms with Crippen LogP contribution in [0.25, 0.3) is 0 Å². The number of rotatable bonds is 4. The maximum absolute atomic E-state index is 13.3. The third kappa shape index (κ3) is 4.43. The van der Waals surface area contributed by atoms with Gasteiger partial charge in [0.1, 0.15) is 5.82 Å². The van der Waals surface area contributed by atoms with E-state index in [9.17, 15) is 22.4 Å². The molecule has 1 aromatic rings. The first kappa shape index (κ1) is 16.7. The molecule has 1 fully saturated rings. The number of halogens is 4. The molecule has 0 aromatic heterocycles. The maximum atomic E-state index is 13.3. The van der Waals surface area contributed by atoms with Crippen molar-refractivity contribution in [3.63, 3.8) is 0 Å². The van der Waals surface area contributed by atoms with E-state index in [1.807, 2.05) is 0 Å². The first-order chi connectivity index (χ1) is 10.3. The molecule has 1 saturated carbocycles. The molecule has 2 N–H and O–H groups in total. The fraction of sp³-hybridized carbons (Fsp3) is 0.533. The zero-order valence-corrected chi connectivity index (χ0v) is 11.8. The summed E-state index contributed by atoms with van der Waals surface area (Å²) < 4.78 is 51.1. The molecule has 0 spiro atoms. The van der Waals surface area contributed by atoms with Gasteiger partial charge in [-0.25, -0.2) is 4.39 Å². The molecule has 0 heterocycles. The van der Waals surface area contributed by atoms with Crippen molar-refractivity contribution in [1.82, 2.24) is 5.32 Å². The minimum Gasteiger partial charge on any atom is -0.481 e. The monoisotopic (exact) mass is 319 g/mol. The van der Waals surface area contributed by atoms with Crippen molar-refractivity contribution in [2.24, 2.45) is 5.92 Å². The zero-order chi connectivity index (χ0) is 16.3. The summed E-state index contributed by atoms with van der Waals surface area (Å²) in [7, 11) is 0. The fourth-order valence-electron chi connectivity index (χ4n) is 2.72. The van der Waals surface area contributed by atoms with E-state index in [0.29, 0.717) is 31.7 Å². The van der Waals surface area contributed by atoms with Crippen LogP contribution in [0.1, 0.15) is 36.8 Å². The van der Waals surface area contributed by atoms with E-state index < -0.39 is 23.5 Å². The average molecular weight is 319 g/mol. The van der Waals surface area contributed by atoms with Gasteiger partial charge in [-0.05, 0) is 49.4 Å². The van der Waals surface area contributed by atoms with E-state index in [0.717, 1.165) is 12.1 Å². The highest BCUT2D eigenvalue weighted by atomic mass is 19.4. The Bertz CT molecular complexity index is 537. The van der Waals surface area contributed by atoms with Crippen molar-refractivity contribution in [3.05, 3.63) is 35.1 Å². The van der Waals surface area contributed by atoms with Crippen LogP contribution in [-0.4, -0.2) is 17.1 Å². The Hall–Kier alpha value is -1.63. The molecular formula is C15H17F4NO2. The molecule has 0 unspecified atom stereocenters. The number of carboxylic acids is 1. The van der Waals surface area contributed by atoms with E-state index in [1.54, 1.807) is 0 Å². The van der Waals surface area contributed by atoms with Crippen LogP contribution in [0.2, 0.25) is 0 Å². The SMILES string of the molecule is O=C(O)C1CCC(NCc2cc(F)cc(C(F)(F)F)c2)CC1. The van der Waals surface area contributed by atoms with E-state index in [-0.39, 0.29) is 24.1 Å². The number of nitrogens with one attached hydrogen (secondary N) is 1. The van der Waals surface area contributed by atoms with Gasteiger partial charge in [-0.3, -0.25) is 4.79 Å². The topological polar surface area (TPSA) is 49.3 Å². The highest BCUT2D eigenvalue weighted by molar-refractivity contribution is 5.70. The Morgan fingerprint density at radius 1 is 1.18 bits per heavy atom. The summed E-state index contributed by atoms with van der Waals surface area (Å²) in [5, 5.41) is 12.0. The van der Waals surface area contributed by atoms with Crippen LogP contribution in [0.4, 0.5) is 17.6 Å². The molecule has 1 aromatic carbocycles. The van der Waals surface area contributed by atoms with E-state index in [2.05, 4.69) is 5.32 Å². The fourth-order valence-corrected chi connectivity index (χ4v) is 2.72. The van der Waals surface area contributed by atoms with Crippen LogP contribution in [0.15, 0.2) is 18.2 Å². The molecule has 0 amide bonds. The van der Waals surface area contributed by atoms with Gasteiger partial charge in [-0.15, -0.1) is 0 Å². The number of hydrogen-bond donors (Lipinski definition) is 2. The Balaban J connectivity index is 1.92. The number of alkyl halides is 3. The van der Waals surface area contributed by atoms with E-state index in [1.165, 1.54) is 0 Å². The van der Waals surface area contributed by atoms with Gasteiger partial charge in [0.2, 0.25) is 0 Å². The lowest BCUT2D eigenvalue weighted by atomic mass is 9.86. The quantitative estimate of drug-likeness (QED) is 0.834. The molecule has 122 valence electrons. The van der Waals surface area contributed by atoms with Crippen molar-refractivity contribution in [3.8, 4) is 0 Å². The minimum atomic E-state index is -4.57. The Kier molecular flexibility index (Phi) is 5.05. The molecule has 0 bridgehead atoms. The summed E-state index contributed by atoms with van der Waals surface area (Å²) in [6.07, 6.45) is -2.18. The third-order valence-corrected chi connectivity index (χ3v) is 3.96. The second-order valence-corrected chi connectivity index (χ2v) is 5.61. The lowest BCUT2D eigenvalue weighted by Gasteiger charge is -2.27. The van der Waals surface area contributed by atoms with Gasteiger partial charge < -0.3 is 10.4 Å². The van der Waals surface area contributed by atoms with Gasteiger partial charge in [-0.2, -0.15) is 13.2 Å². The van der Waals surface area contributed by atoms with Gasteiger partial charge >= 0.3 is 12.1 Å². The molecule has 2 rings (SSSR count). The summed E-state index contributed by atoms with van der Waals surface area (Å²) in [5.41, 5.74) is -0.772. The van der Waals surface area contributed by atoms with Crippen molar-refractivity contribution in [1.29, 1.82) is 0 Å². The summed E-state index contributed by atoms with van der Waals surface area (Å²) in [6.45, 7) is 0.128. The number of benzene rings is 1. The molecule has 22 heavy (non-hydrogen) atoms. The summed E-state index contributed by atoms with van der Waals surface area (Å²) in [6, 6.07) is 2.53. The Labute approximate surface area is 125 Å². The summed E-state index contributed by atoms with van der Waals surface area (Å²) in [4.78, 5) is 10.8. The lowest BCUT2D eigenvalue weighted by Crippen LogP contribution is -2.34. The van der Waals surface area contributed by atoms with Crippen LogP contribution in [0, 0.1) is 11.7 Å². The smallest absolute Gasteiger partial charge is 0.416 e. The van der Waals surface area contributed by atoms with Crippen molar-refractivity contribution < 1.29 is 27.5 Å². The van der Waals surface area contributed by atoms with E-state index in [4.69, 9.17) is 5.11 Å². The Morgan fingerprint density at radius 3 is 2.36 bits per heavy atom. The lowest BCUT2D eigenvalue weighted by molar-refractivity contribution is -0.143. The highest BCUT2D eigenvalue weighted by Gasteiger charge is 2.31. The van der Waals surface area contributed by atoms with Gasteiger partial charge in [-0.1, -0.05) is 0 Å². The summed E-state index contributed by atoms with van der Waals surface area (Å²) in [5.74, 6) is -2.07. The van der Waals surface area contributed by atoms with Crippen LogP contribution >= 0.6 is 0 Å². The molecule has 0 saturated heterocycles. The number of hydrogen-bond acceptors (Lipinski definition) is 2. The normalized spacial score (nSPS) is 22.5.